The molecule has 4 rings (SSSR count). The number of halogens is 2. The van der Waals surface area contributed by atoms with Crippen molar-refractivity contribution in [2.45, 2.75) is 43.1 Å². The topological polar surface area (TPSA) is 71.8 Å². The van der Waals surface area contributed by atoms with Gasteiger partial charge in [-0.3, -0.25) is 4.79 Å². The van der Waals surface area contributed by atoms with Gasteiger partial charge < -0.3 is 10.7 Å². The van der Waals surface area contributed by atoms with Crippen LogP contribution in [0.5, 0.6) is 0 Å². The van der Waals surface area contributed by atoms with Crippen molar-refractivity contribution in [3.63, 3.8) is 0 Å². The number of rotatable bonds is 5. The Balaban J connectivity index is 1.68. The average molecular weight is 446 g/mol. The van der Waals surface area contributed by atoms with Crippen LogP contribution in [0, 0.1) is 12.7 Å². The van der Waals surface area contributed by atoms with Gasteiger partial charge in [0.2, 0.25) is 11.1 Å². The summed E-state index contributed by atoms with van der Waals surface area (Å²) in [7, 11) is 0. The number of hydrogen-bond donors (Lipinski definition) is 2. The number of amides is 1. The van der Waals surface area contributed by atoms with Gasteiger partial charge in [-0.25, -0.2) is 9.07 Å². The van der Waals surface area contributed by atoms with E-state index in [2.05, 4.69) is 27.9 Å². The van der Waals surface area contributed by atoms with Crippen molar-refractivity contribution >= 4 is 35.0 Å². The van der Waals surface area contributed by atoms with E-state index < -0.39 is 11.3 Å². The summed E-state index contributed by atoms with van der Waals surface area (Å²) in [5.74, 6) is 0.282. The molecule has 0 bridgehead atoms. The maximum atomic E-state index is 13.5. The van der Waals surface area contributed by atoms with Gasteiger partial charge in [-0.15, -0.1) is 10.2 Å². The Bertz CT molecular complexity index is 1070. The first-order valence-corrected chi connectivity index (χ1v) is 10.9. The lowest BCUT2D eigenvalue weighted by atomic mass is 10.0. The minimum Gasteiger partial charge on any atom is -0.325 e. The Labute approximate surface area is 183 Å². The number of aryl methyl sites for hydroxylation is 2. The van der Waals surface area contributed by atoms with Crippen molar-refractivity contribution in [1.82, 2.24) is 14.9 Å². The van der Waals surface area contributed by atoms with E-state index in [-0.39, 0.29) is 11.7 Å². The Morgan fingerprint density at radius 1 is 1.27 bits per heavy atom. The van der Waals surface area contributed by atoms with Crippen LogP contribution in [0.2, 0.25) is 5.02 Å². The molecule has 6 nitrogen and oxygen atoms in total. The summed E-state index contributed by atoms with van der Waals surface area (Å²) < 4.78 is 15.3. The van der Waals surface area contributed by atoms with Gasteiger partial charge in [0.25, 0.3) is 0 Å². The molecule has 0 aliphatic carbocycles. The predicted molar refractivity (Wildman–Crippen MR) is 117 cm³/mol. The standard InChI is InChI=1S/C21H21ClFN5OS/c1-3-4-17-25-26-21-28(17)27-18(13-6-9-15(23)10-7-13)19(30-21)20(29)24-16-11-14(22)8-5-12(16)2/h5-11,18-19,27H,3-4H2,1-2H3,(H,24,29)/t18-,19+/m0/s1. The van der Waals surface area contributed by atoms with E-state index in [9.17, 15) is 9.18 Å². The number of nitrogens with one attached hydrogen (secondary N) is 2. The maximum Gasteiger partial charge on any atom is 0.240 e. The van der Waals surface area contributed by atoms with E-state index in [0.717, 1.165) is 29.8 Å². The van der Waals surface area contributed by atoms with Crippen LogP contribution in [0.25, 0.3) is 0 Å². The first-order chi connectivity index (χ1) is 14.5. The second-order valence-electron chi connectivity index (χ2n) is 7.13. The molecule has 0 radical (unpaired) electrons. The molecule has 0 spiro atoms. The van der Waals surface area contributed by atoms with Crippen molar-refractivity contribution in [2.75, 3.05) is 10.7 Å². The fraction of sp³-hybridized carbons (Fsp3) is 0.286. The van der Waals surface area contributed by atoms with Crippen molar-refractivity contribution in [2.24, 2.45) is 0 Å². The van der Waals surface area contributed by atoms with Crippen LogP contribution in [0.15, 0.2) is 47.6 Å². The largest absolute Gasteiger partial charge is 0.325 e. The summed E-state index contributed by atoms with van der Waals surface area (Å²) in [6.07, 6.45) is 1.68. The van der Waals surface area contributed by atoms with E-state index >= 15 is 0 Å². The van der Waals surface area contributed by atoms with E-state index in [1.54, 1.807) is 24.3 Å². The normalized spacial score (nSPS) is 17.9. The van der Waals surface area contributed by atoms with Crippen molar-refractivity contribution in [3.05, 3.63) is 70.3 Å². The Morgan fingerprint density at radius 3 is 2.77 bits per heavy atom. The molecule has 0 saturated carbocycles. The van der Waals surface area contributed by atoms with Gasteiger partial charge in [0, 0.05) is 17.1 Å². The number of carbonyl (C=O) groups excluding carboxylic acids is 1. The molecule has 9 heteroatoms. The summed E-state index contributed by atoms with van der Waals surface area (Å²) in [5.41, 5.74) is 5.74. The lowest BCUT2D eigenvalue weighted by Gasteiger charge is -2.33. The van der Waals surface area contributed by atoms with Crippen LogP contribution in [0.1, 0.15) is 36.3 Å². The molecule has 0 saturated heterocycles. The molecule has 1 aliphatic heterocycles. The summed E-state index contributed by atoms with van der Waals surface area (Å²) in [6, 6.07) is 11.1. The second kappa shape index (κ2) is 8.65. The molecule has 3 aromatic rings. The molecular formula is C21H21ClFN5OS. The fourth-order valence-corrected chi connectivity index (χ4v) is 4.61. The van der Waals surface area contributed by atoms with E-state index in [0.29, 0.717) is 15.9 Å². The highest BCUT2D eigenvalue weighted by molar-refractivity contribution is 8.00. The second-order valence-corrected chi connectivity index (χ2v) is 8.67. The number of hydrogen-bond acceptors (Lipinski definition) is 5. The molecule has 1 aromatic heterocycles. The van der Waals surface area contributed by atoms with Gasteiger partial charge >= 0.3 is 0 Å². The SMILES string of the molecule is CCCc1nnc2n1N[C@@H](c1ccc(F)cc1)[C@H](C(=O)Nc1cc(Cl)ccc1C)S2. The predicted octanol–water partition coefficient (Wildman–Crippen LogP) is 4.73. The molecule has 2 N–H and O–H groups in total. The Hall–Kier alpha value is -2.58. The first kappa shape index (κ1) is 20.7. The van der Waals surface area contributed by atoms with Crippen LogP contribution in [0.4, 0.5) is 10.1 Å². The number of carbonyl (C=O) groups is 1. The zero-order valence-corrected chi connectivity index (χ0v) is 18.1. The number of benzene rings is 2. The molecule has 0 fully saturated rings. The number of thioether (sulfide) groups is 1. The zero-order chi connectivity index (χ0) is 21.3. The van der Waals surface area contributed by atoms with Crippen LogP contribution in [-0.2, 0) is 11.2 Å². The van der Waals surface area contributed by atoms with Gasteiger partial charge in [-0.05, 0) is 48.7 Å². The molecular weight excluding hydrogens is 425 g/mol. The van der Waals surface area contributed by atoms with Crippen molar-refractivity contribution in [3.8, 4) is 0 Å². The van der Waals surface area contributed by atoms with Gasteiger partial charge in [-0.1, -0.05) is 48.5 Å². The van der Waals surface area contributed by atoms with Crippen LogP contribution in [-0.4, -0.2) is 26.0 Å². The van der Waals surface area contributed by atoms with Crippen LogP contribution in [0.3, 0.4) is 0 Å². The summed E-state index contributed by atoms with van der Waals surface area (Å²) in [4.78, 5) is 13.3. The molecule has 30 heavy (non-hydrogen) atoms. The zero-order valence-electron chi connectivity index (χ0n) is 16.5. The highest BCUT2D eigenvalue weighted by atomic mass is 35.5. The molecule has 1 aliphatic rings. The summed E-state index contributed by atoms with van der Waals surface area (Å²) in [5, 5.41) is 12.1. The molecule has 1 amide bonds. The quantitative estimate of drug-likeness (QED) is 0.594. The van der Waals surface area contributed by atoms with Crippen LogP contribution < -0.4 is 10.7 Å². The van der Waals surface area contributed by atoms with Gasteiger partial charge in [-0.2, -0.15) is 0 Å². The van der Waals surface area contributed by atoms with Crippen molar-refractivity contribution < 1.29 is 9.18 Å². The van der Waals surface area contributed by atoms with Crippen molar-refractivity contribution in [1.29, 1.82) is 0 Å². The highest BCUT2D eigenvalue weighted by Crippen LogP contribution is 2.38. The van der Waals surface area contributed by atoms with Crippen LogP contribution >= 0.6 is 23.4 Å². The van der Waals surface area contributed by atoms with E-state index in [4.69, 9.17) is 11.6 Å². The minimum absolute atomic E-state index is 0.196. The molecule has 0 unspecified atom stereocenters. The fourth-order valence-electron chi connectivity index (χ4n) is 3.34. The monoisotopic (exact) mass is 445 g/mol. The maximum absolute atomic E-state index is 13.5. The molecule has 2 atom stereocenters. The highest BCUT2D eigenvalue weighted by Gasteiger charge is 2.38. The Morgan fingerprint density at radius 2 is 2.03 bits per heavy atom. The average Bonchev–Trinajstić information content (AvgIpc) is 3.12. The number of aromatic nitrogens is 3. The molecule has 2 aromatic carbocycles. The smallest absolute Gasteiger partial charge is 0.240 e. The van der Waals surface area contributed by atoms with E-state index in [1.165, 1.54) is 23.9 Å². The number of fused-ring (bicyclic) bond motifs is 1. The summed E-state index contributed by atoms with van der Waals surface area (Å²) >= 11 is 7.44. The third kappa shape index (κ3) is 4.15. The third-order valence-corrected chi connectivity index (χ3v) is 6.37. The first-order valence-electron chi connectivity index (χ1n) is 9.66. The van der Waals surface area contributed by atoms with Gasteiger partial charge in [0.1, 0.15) is 11.1 Å². The minimum atomic E-state index is -0.542. The third-order valence-electron chi connectivity index (χ3n) is 4.92. The van der Waals surface area contributed by atoms with E-state index in [1.807, 2.05) is 17.7 Å². The lowest BCUT2D eigenvalue weighted by Crippen LogP contribution is -2.41. The summed E-state index contributed by atoms with van der Waals surface area (Å²) in [6.45, 7) is 3.97. The van der Waals surface area contributed by atoms with Gasteiger partial charge in [0.15, 0.2) is 5.82 Å². The Kier molecular flexibility index (Phi) is 5.97. The number of anilines is 1. The molecule has 2 heterocycles. The van der Waals surface area contributed by atoms with Gasteiger partial charge in [0.05, 0.1) is 6.04 Å². The number of nitrogens with zero attached hydrogens (tertiary/aromatic N) is 3. The molecule has 156 valence electrons. The lowest BCUT2D eigenvalue weighted by molar-refractivity contribution is -0.116.